The minimum atomic E-state index is -0.0890. The number of aryl methyl sites for hydroxylation is 1. The molecule has 16 heavy (non-hydrogen) atoms. The van der Waals surface area contributed by atoms with Crippen molar-refractivity contribution >= 4 is 0 Å². The molecule has 1 aromatic rings. The van der Waals surface area contributed by atoms with Crippen molar-refractivity contribution in [3.05, 3.63) is 29.6 Å². The van der Waals surface area contributed by atoms with Crippen LogP contribution in [0.2, 0.25) is 0 Å². The molecule has 1 heterocycles. The fourth-order valence-corrected chi connectivity index (χ4v) is 1.52. The van der Waals surface area contributed by atoms with Gasteiger partial charge in [-0.15, -0.1) is 0 Å². The number of hydrogen-bond donors (Lipinski definition) is 1. The zero-order valence-corrected chi connectivity index (χ0v) is 10.8. The number of nitrogens with zero attached hydrogens (tertiary/aromatic N) is 2. The Hall–Kier alpha value is -0.930. The Kier molecular flexibility index (Phi) is 4.44. The third-order valence-electron chi connectivity index (χ3n) is 2.52. The summed E-state index contributed by atoms with van der Waals surface area (Å²) in [6, 6.07) is 6.14. The maximum absolute atomic E-state index is 5.96. The molecule has 0 bridgehead atoms. The third-order valence-corrected chi connectivity index (χ3v) is 2.52. The Bertz CT molecular complexity index is 328. The molecule has 0 aliphatic carbocycles. The van der Waals surface area contributed by atoms with E-state index in [-0.39, 0.29) is 5.54 Å². The lowest BCUT2D eigenvalue weighted by atomic mass is 10.0. The van der Waals surface area contributed by atoms with Crippen LogP contribution >= 0.6 is 0 Å². The number of nitrogens with two attached hydrogens (primary N) is 1. The van der Waals surface area contributed by atoms with Crippen molar-refractivity contribution in [2.24, 2.45) is 5.73 Å². The second-order valence-corrected chi connectivity index (χ2v) is 5.25. The Morgan fingerprint density at radius 1 is 1.38 bits per heavy atom. The maximum Gasteiger partial charge on any atom is 0.0547 e. The summed E-state index contributed by atoms with van der Waals surface area (Å²) in [5, 5.41) is 0. The minimum Gasteiger partial charge on any atom is -0.326 e. The van der Waals surface area contributed by atoms with E-state index in [0.29, 0.717) is 0 Å². The third kappa shape index (κ3) is 5.24. The van der Waals surface area contributed by atoms with Crippen molar-refractivity contribution in [3.63, 3.8) is 0 Å². The highest BCUT2D eigenvalue weighted by Gasteiger charge is 2.11. The van der Waals surface area contributed by atoms with E-state index in [1.807, 2.05) is 13.0 Å². The van der Waals surface area contributed by atoms with Gasteiger partial charge in [0.05, 0.1) is 5.69 Å². The van der Waals surface area contributed by atoms with Crippen LogP contribution in [-0.4, -0.2) is 29.0 Å². The molecule has 0 aliphatic rings. The number of pyridine rings is 1. The van der Waals surface area contributed by atoms with E-state index in [9.17, 15) is 0 Å². The van der Waals surface area contributed by atoms with Crippen molar-refractivity contribution < 1.29 is 0 Å². The molecular formula is C13H23N3. The van der Waals surface area contributed by atoms with Gasteiger partial charge in [0.25, 0.3) is 0 Å². The van der Waals surface area contributed by atoms with E-state index in [2.05, 4.69) is 42.9 Å². The van der Waals surface area contributed by atoms with Gasteiger partial charge in [-0.25, -0.2) is 0 Å². The first kappa shape index (κ1) is 13.1. The van der Waals surface area contributed by atoms with E-state index >= 15 is 0 Å². The second kappa shape index (κ2) is 5.41. The summed E-state index contributed by atoms with van der Waals surface area (Å²) in [5.74, 6) is 0. The minimum absolute atomic E-state index is 0.0890. The Balaban J connectivity index is 2.43. The molecule has 0 aromatic carbocycles. The maximum atomic E-state index is 5.96. The molecule has 0 fully saturated rings. The average molecular weight is 221 g/mol. The summed E-state index contributed by atoms with van der Waals surface area (Å²) in [6.45, 7) is 8.03. The molecule has 3 heteroatoms. The zero-order valence-electron chi connectivity index (χ0n) is 10.8. The van der Waals surface area contributed by atoms with E-state index in [1.165, 1.54) is 0 Å². The van der Waals surface area contributed by atoms with Gasteiger partial charge in [-0.05, 0) is 52.9 Å². The lowest BCUT2D eigenvalue weighted by Gasteiger charge is -2.23. The van der Waals surface area contributed by atoms with Gasteiger partial charge in [-0.2, -0.15) is 0 Å². The topological polar surface area (TPSA) is 42.1 Å². The molecule has 0 saturated carbocycles. The molecular weight excluding hydrogens is 198 g/mol. The zero-order chi connectivity index (χ0) is 12.2. The van der Waals surface area contributed by atoms with Gasteiger partial charge < -0.3 is 10.6 Å². The van der Waals surface area contributed by atoms with Crippen LogP contribution < -0.4 is 5.73 Å². The molecule has 3 nitrogen and oxygen atoms in total. The van der Waals surface area contributed by atoms with Crippen molar-refractivity contribution in [3.8, 4) is 0 Å². The summed E-state index contributed by atoms with van der Waals surface area (Å²) in [7, 11) is 2.11. The molecule has 0 saturated heterocycles. The van der Waals surface area contributed by atoms with Crippen molar-refractivity contribution in [2.45, 2.75) is 39.3 Å². The van der Waals surface area contributed by atoms with Crippen LogP contribution in [0.5, 0.6) is 0 Å². The summed E-state index contributed by atoms with van der Waals surface area (Å²) < 4.78 is 0. The largest absolute Gasteiger partial charge is 0.326 e. The SMILES string of the molecule is Cc1cccc(CN(C)CCC(C)(C)N)n1. The van der Waals surface area contributed by atoms with Crippen LogP contribution in [0.4, 0.5) is 0 Å². The molecule has 1 rings (SSSR count). The molecule has 0 unspecified atom stereocenters. The van der Waals surface area contributed by atoms with Gasteiger partial charge in [0.15, 0.2) is 0 Å². The second-order valence-electron chi connectivity index (χ2n) is 5.25. The van der Waals surface area contributed by atoms with Gasteiger partial charge in [-0.1, -0.05) is 6.07 Å². The van der Waals surface area contributed by atoms with Crippen LogP contribution in [0, 0.1) is 6.92 Å². The molecule has 0 amide bonds. The molecule has 0 atom stereocenters. The highest BCUT2D eigenvalue weighted by atomic mass is 15.1. The fraction of sp³-hybridized carbons (Fsp3) is 0.615. The lowest BCUT2D eigenvalue weighted by Crippen LogP contribution is -2.36. The van der Waals surface area contributed by atoms with Crippen molar-refractivity contribution in [2.75, 3.05) is 13.6 Å². The van der Waals surface area contributed by atoms with Crippen LogP contribution in [-0.2, 0) is 6.54 Å². The Morgan fingerprint density at radius 2 is 2.06 bits per heavy atom. The molecule has 0 spiro atoms. The van der Waals surface area contributed by atoms with Gasteiger partial charge >= 0.3 is 0 Å². The first-order valence-corrected chi connectivity index (χ1v) is 5.77. The quantitative estimate of drug-likeness (QED) is 0.826. The standard InChI is InChI=1S/C13H23N3/c1-11-6-5-7-12(15-11)10-16(4)9-8-13(2,3)14/h5-7H,8-10,14H2,1-4H3. The Labute approximate surface area is 98.7 Å². The van der Waals surface area contributed by atoms with E-state index in [1.54, 1.807) is 0 Å². The smallest absolute Gasteiger partial charge is 0.0547 e. The average Bonchev–Trinajstić information content (AvgIpc) is 2.14. The van der Waals surface area contributed by atoms with Gasteiger partial charge in [-0.3, -0.25) is 4.98 Å². The van der Waals surface area contributed by atoms with Gasteiger partial charge in [0.2, 0.25) is 0 Å². The fourth-order valence-electron chi connectivity index (χ4n) is 1.52. The van der Waals surface area contributed by atoms with Gasteiger partial charge in [0, 0.05) is 17.8 Å². The first-order valence-electron chi connectivity index (χ1n) is 5.77. The summed E-state index contributed by atoms with van der Waals surface area (Å²) in [5.41, 5.74) is 8.07. The van der Waals surface area contributed by atoms with Crippen LogP contribution in [0.15, 0.2) is 18.2 Å². The Morgan fingerprint density at radius 3 is 2.62 bits per heavy atom. The molecule has 0 radical (unpaired) electrons. The summed E-state index contributed by atoms with van der Waals surface area (Å²) >= 11 is 0. The van der Waals surface area contributed by atoms with Crippen LogP contribution in [0.3, 0.4) is 0 Å². The summed E-state index contributed by atoms with van der Waals surface area (Å²) in [6.07, 6.45) is 0.995. The van der Waals surface area contributed by atoms with Crippen LogP contribution in [0.25, 0.3) is 0 Å². The van der Waals surface area contributed by atoms with E-state index < -0.39 is 0 Å². The van der Waals surface area contributed by atoms with Crippen molar-refractivity contribution in [1.29, 1.82) is 0 Å². The number of hydrogen-bond acceptors (Lipinski definition) is 3. The van der Waals surface area contributed by atoms with E-state index in [0.717, 1.165) is 30.9 Å². The van der Waals surface area contributed by atoms with Crippen molar-refractivity contribution in [1.82, 2.24) is 9.88 Å². The molecule has 0 aliphatic heterocycles. The predicted molar refractivity (Wildman–Crippen MR) is 68.2 cm³/mol. The highest BCUT2D eigenvalue weighted by Crippen LogP contribution is 2.07. The van der Waals surface area contributed by atoms with E-state index in [4.69, 9.17) is 5.73 Å². The molecule has 1 aromatic heterocycles. The summed E-state index contributed by atoms with van der Waals surface area (Å²) in [4.78, 5) is 6.74. The normalized spacial score (nSPS) is 12.1. The van der Waals surface area contributed by atoms with Crippen LogP contribution in [0.1, 0.15) is 31.7 Å². The monoisotopic (exact) mass is 221 g/mol. The highest BCUT2D eigenvalue weighted by molar-refractivity contribution is 5.09. The number of rotatable bonds is 5. The lowest BCUT2D eigenvalue weighted by molar-refractivity contribution is 0.286. The number of aromatic nitrogens is 1. The molecule has 90 valence electrons. The first-order chi connectivity index (χ1) is 7.37. The predicted octanol–water partition coefficient (Wildman–Crippen LogP) is 1.95. The molecule has 2 N–H and O–H groups in total. The van der Waals surface area contributed by atoms with Gasteiger partial charge in [0.1, 0.15) is 0 Å².